The van der Waals surface area contributed by atoms with Gasteiger partial charge < -0.3 is 4.90 Å². The lowest BCUT2D eigenvalue weighted by Gasteiger charge is -2.24. The van der Waals surface area contributed by atoms with Crippen LogP contribution < -0.4 is 0 Å². The third-order valence-electron chi connectivity index (χ3n) is 3.39. The first-order valence-electron chi connectivity index (χ1n) is 6.22. The Kier molecular flexibility index (Phi) is 3.53. The van der Waals surface area contributed by atoms with Crippen LogP contribution >= 0.6 is 22.9 Å². The molecule has 3 nitrogen and oxygen atoms in total. The molecule has 98 valence electrons. The molecule has 0 radical (unpaired) electrons. The summed E-state index contributed by atoms with van der Waals surface area (Å²) in [4.78, 5) is 19.2. The molecule has 1 atom stereocenters. The van der Waals surface area contributed by atoms with Crippen LogP contribution in [-0.4, -0.2) is 22.3 Å². The van der Waals surface area contributed by atoms with Crippen LogP contribution in [0.15, 0.2) is 36.7 Å². The molecule has 3 heterocycles. The molecule has 19 heavy (non-hydrogen) atoms. The van der Waals surface area contributed by atoms with Crippen LogP contribution in [0, 0.1) is 0 Å². The van der Waals surface area contributed by atoms with Crippen molar-refractivity contribution in [3.05, 3.63) is 51.4 Å². The Morgan fingerprint density at radius 1 is 1.32 bits per heavy atom. The fourth-order valence-corrected chi connectivity index (χ4v) is 3.51. The summed E-state index contributed by atoms with van der Waals surface area (Å²) >= 11 is 7.25. The van der Waals surface area contributed by atoms with Crippen molar-refractivity contribution in [3.8, 4) is 0 Å². The summed E-state index contributed by atoms with van der Waals surface area (Å²) in [6, 6.07) is 7.71. The lowest BCUT2D eigenvalue weighted by molar-refractivity contribution is 0.0740. The zero-order valence-electron chi connectivity index (χ0n) is 10.3. The summed E-state index contributed by atoms with van der Waals surface area (Å²) in [6.45, 7) is 0.807. The van der Waals surface area contributed by atoms with Crippen LogP contribution in [0.5, 0.6) is 0 Å². The topological polar surface area (TPSA) is 33.2 Å². The smallest absolute Gasteiger partial charge is 0.264 e. The number of hydrogen-bond donors (Lipinski definition) is 0. The quantitative estimate of drug-likeness (QED) is 0.844. The van der Waals surface area contributed by atoms with Gasteiger partial charge in [0.05, 0.1) is 15.3 Å². The van der Waals surface area contributed by atoms with Crippen LogP contribution in [-0.2, 0) is 0 Å². The lowest BCUT2D eigenvalue weighted by atomic mass is 10.1. The number of aromatic nitrogens is 1. The molecule has 0 aliphatic carbocycles. The van der Waals surface area contributed by atoms with Gasteiger partial charge >= 0.3 is 0 Å². The Hall–Kier alpha value is -1.39. The number of rotatable bonds is 2. The third kappa shape index (κ3) is 2.51. The number of halogens is 1. The van der Waals surface area contributed by atoms with E-state index in [9.17, 15) is 4.79 Å². The van der Waals surface area contributed by atoms with Crippen molar-refractivity contribution >= 4 is 28.8 Å². The maximum absolute atomic E-state index is 12.5. The highest BCUT2D eigenvalue weighted by Gasteiger charge is 2.31. The molecule has 1 amide bonds. The molecule has 1 unspecified atom stereocenters. The first kappa shape index (κ1) is 12.6. The van der Waals surface area contributed by atoms with Crippen molar-refractivity contribution in [1.29, 1.82) is 0 Å². The summed E-state index contributed by atoms with van der Waals surface area (Å²) < 4.78 is 0.656. The fourth-order valence-electron chi connectivity index (χ4n) is 2.51. The first-order chi connectivity index (χ1) is 9.25. The molecule has 0 aromatic carbocycles. The number of carbonyl (C=O) groups is 1. The second kappa shape index (κ2) is 5.31. The van der Waals surface area contributed by atoms with E-state index in [1.807, 2.05) is 17.0 Å². The van der Waals surface area contributed by atoms with Crippen molar-refractivity contribution < 1.29 is 4.79 Å². The van der Waals surface area contributed by atoms with E-state index in [0.29, 0.717) is 9.21 Å². The Morgan fingerprint density at radius 2 is 2.11 bits per heavy atom. The predicted molar refractivity (Wildman–Crippen MR) is 76.6 cm³/mol. The second-order valence-electron chi connectivity index (χ2n) is 4.54. The molecule has 5 heteroatoms. The summed E-state index contributed by atoms with van der Waals surface area (Å²) in [5, 5.41) is 0. The van der Waals surface area contributed by atoms with E-state index in [-0.39, 0.29) is 11.9 Å². The zero-order chi connectivity index (χ0) is 13.2. The van der Waals surface area contributed by atoms with E-state index in [1.54, 1.807) is 24.5 Å². The van der Waals surface area contributed by atoms with E-state index < -0.39 is 0 Å². The van der Waals surface area contributed by atoms with Crippen LogP contribution in [0.4, 0.5) is 0 Å². The summed E-state index contributed by atoms with van der Waals surface area (Å²) in [5.41, 5.74) is 1.16. The number of thiophene rings is 1. The van der Waals surface area contributed by atoms with Gasteiger partial charge in [0.15, 0.2) is 0 Å². The van der Waals surface area contributed by atoms with Gasteiger partial charge in [0.2, 0.25) is 0 Å². The maximum atomic E-state index is 12.5. The van der Waals surface area contributed by atoms with Crippen LogP contribution in [0.1, 0.15) is 34.1 Å². The van der Waals surface area contributed by atoms with Crippen molar-refractivity contribution in [3.63, 3.8) is 0 Å². The van der Waals surface area contributed by atoms with Gasteiger partial charge in [-0.25, -0.2) is 0 Å². The van der Waals surface area contributed by atoms with Gasteiger partial charge in [-0.05, 0) is 42.7 Å². The SMILES string of the molecule is O=C(c1ccc(Cl)s1)N1CCCC1c1ccncc1. The minimum atomic E-state index is 0.0798. The van der Waals surface area contributed by atoms with E-state index in [4.69, 9.17) is 11.6 Å². The summed E-state index contributed by atoms with van der Waals surface area (Å²) in [7, 11) is 0. The molecular formula is C14H13ClN2OS. The highest BCUT2D eigenvalue weighted by Crippen LogP contribution is 2.34. The molecule has 0 saturated carbocycles. The number of amides is 1. The second-order valence-corrected chi connectivity index (χ2v) is 6.26. The summed E-state index contributed by atoms with van der Waals surface area (Å²) in [5.74, 6) is 0.0798. The molecule has 1 aliphatic heterocycles. The van der Waals surface area contributed by atoms with E-state index in [2.05, 4.69) is 4.98 Å². The van der Waals surface area contributed by atoms with Crippen LogP contribution in [0.25, 0.3) is 0 Å². The maximum Gasteiger partial charge on any atom is 0.264 e. The minimum Gasteiger partial charge on any atom is -0.331 e. The average molecular weight is 293 g/mol. The highest BCUT2D eigenvalue weighted by atomic mass is 35.5. The largest absolute Gasteiger partial charge is 0.331 e. The zero-order valence-corrected chi connectivity index (χ0v) is 11.8. The Morgan fingerprint density at radius 3 is 2.79 bits per heavy atom. The molecule has 0 spiro atoms. The molecule has 1 fully saturated rings. The van der Waals surface area contributed by atoms with Gasteiger partial charge in [-0.1, -0.05) is 11.6 Å². The number of hydrogen-bond acceptors (Lipinski definition) is 3. The van der Waals surface area contributed by atoms with Crippen molar-refractivity contribution in [2.75, 3.05) is 6.54 Å². The van der Waals surface area contributed by atoms with E-state index in [0.717, 1.165) is 24.9 Å². The Bertz CT molecular complexity index is 584. The van der Waals surface area contributed by atoms with Crippen molar-refractivity contribution in [1.82, 2.24) is 9.88 Å². The molecule has 1 saturated heterocycles. The average Bonchev–Trinajstić information content (AvgIpc) is 3.07. The summed E-state index contributed by atoms with van der Waals surface area (Å²) in [6.07, 6.45) is 5.60. The third-order valence-corrected chi connectivity index (χ3v) is 4.61. The molecule has 2 aromatic heterocycles. The fraction of sp³-hybridized carbons (Fsp3) is 0.286. The van der Waals surface area contributed by atoms with E-state index >= 15 is 0 Å². The van der Waals surface area contributed by atoms with Gasteiger partial charge in [-0.2, -0.15) is 0 Å². The van der Waals surface area contributed by atoms with Gasteiger partial charge in [0.1, 0.15) is 0 Å². The minimum absolute atomic E-state index is 0.0798. The normalized spacial score (nSPS) is 18.8. The van der Waals surface area contributed by atoms with Gasteiger partial charge in [0, 0.05) is 18.9 Å². The molecule has 0 bridgehead atoms. The van der Waals surface area contributed by atoms with Crippen LogP contribution in [0.3, 0.4) is 0 Å². The van der Waals surface area contributed by atoms with Crippen molar-refractivity contribution in [2.24, 2.45) is 0 Å². The van der Waals surface area contributed by atoms with Crippen molar-refractivity contribution in [2.45, 2.75) is 18.9 Å². The number of carbonyl (C=O) groups excluding carboxylic acids is 1. The predicted octanol–water partition coefficient (Wildman–Crippen LogP) is 3.77. The molecule has 3 rings (SSSR count). The van der Waals surface area contributed by atoms with E-state index in [1.165, 1.54) is 11.3 Å². The highest BCUT2D eigenvalue weighted by molar-refractivity contribution is 7.17. The molecular weight excluding hydrogens is 280 g/mol. The van der Waals surface area contributed by atoms with Gasteiger partial charge in [-0.3, -0.25) is 9.78 Å². The number of likely N-dealkylation sites (tertiary alicyclic amines) is 1. The number of nitrogens with zero attached hydrogens (tertiary/aromatic N) is 2. The monoisotopic (exact) mass is 292 g/mol. The molecule has 1 aliphatic rings. The standard InChI is InChI=1S/C14H13ClN2OS/c15-13-4-3-12(19-13)14(18)17-9-1-2-11(17)10-5-7-16-8-6-10/h3-8,11H,1-2,9H2. The Balaban J connectivity index is 1.86. The van der Waals surface area contributed by atoms with Gasteiger partial charge in [0.25, 0.3) is 5.91 Å². The molecule has 2 aromatic rings. The lowest BCUT2D eigenvalue weighted by Crippen LogP contribution is -2.29. The Labute approximate surface area is 120 Å². The first-order valence-corrected chi connectivity index (χ1v) is 7.41. The molecule has 0 N–H and O–H groups in total. The van der Waals surface area contributed by atoms with Crippen LogP contribution in [0.2, 0.25) is 4.34 Å². The van der Waals surface area contributed by atoms with Gasteiger partial charge in [-0.15, -0.1) is 11.3 Å². The number of pyridine rings is 1.